The van der Waals surface area contributed by atoms with Crippen molar-refractivity contribution >= 4 is 12.1 Å². The first-order valence-electron chi connectivity index (χ1n) is 7.77. The molecule has 5 nitrogen and oxygen atoms in total. The minimum Gasteiger partial charge on any atom is -0.479 e. The van der Waals surface area contributed by atoms with Crippen molar-refractivity contribution in [1.82, 2.24) is 4.90 Å². The summed E-state index contributed by atoms with van der Waals surface area (Å²) >= 11 is 0. The van der Waals surface area contributed by atoms with E-state index in [1.807, 2.05) is 27.7 Å². The second kappa shape index (κ2) is 7.66. The predicted octanol–water partition coefficient (Wildman–Crippen LogP) is 4.06. The summed E-state index contributed by atoms with van der Waals surface area (Å²) in [5.41, 5.74) is -1.84. The third kappa shape index (κ3) is 5.21. The lowest BCUT2D eigenvalue weighted by Crippen LogP contribution is -2.60. The number of carboxylic acid groups (broad SMARTS) is 1. The molecule has 0 saturated carbocycles. The van der Waals surface area contributed by atoms with Crippen molar-refractivity contribution in [2.24, 2.45) is 0 Å². The summed E-state index contributed by atoms with van der Waals surface area (Å²) in [5.74, 6) is -0.953. The van der Waals surface area contributed by atoms with Crippen LogP contribution in [0.4, 0.5) is 4.79 Å². The Morgan fingerprint density at radius 3 is 1.76 bits per heavy atom. The molecule has 124 valence electrons. The molecule has 0 aliphatic heterocycles. The molecule has 0 radical (unpaired) electrons. The zero-order valence-corrected chi connectivity index (χ0v) is 14.5. The van der Waals surface area contributed by atoms with Gasteiger partial charge in [-0.3, -0.25) is 4.90 Å². The van der Waals surface area contributed by atoms with Gasteiger partial charge < -0.3 is 9.84 Å². The van der Waals surface area contributed by atoms with E-state index < -0.39 is 23.2 Å². The Kier molecular flexibility index (Phi) is 7.20. The number of ether oxygens (including phenoxy) is 1. The number of nitrogens with zero attached hydrogens (tertiary/aromatic N) is 1. The van der Waals surface area contributed by atoms with Crippen molar-refractivity contribution in [3.05, 3.63) is 0 Å². The van der Waals surface area contributed by atoms with Gasteiger partial charge in [-0.1, -0.05) is 26.7 Å². The maximum absolute atomic E-state index is 12.5. The fraction of sp³-hybridized carbons (Fsp3) is 0.875. The molecule has 0 unspecified atom stereocenters. The third-order valence-electron chi connectivity index (χ3n) is 3.29. The van der Waals surface area contributed by atoms with Gasteiger partial charge in [0.1, 0.15) is 11.1 Å². The molecule has 0 saturated heterocycles. The quantitative estimate of drug-likeness (QED) is 0.770. The van der Waals surface area contributed by atoms with Crippen LogP contribution in [0.1, 0.15) is 74.1 Å². The van der Waals surface area contributed by atoms with Crippen LogP contribution in [0.25, 0.3) is 0 Å². The van der Waals surface area contributed by atoms with Gasteiger partial charge in [-0.05, 0) is 47.5 Å². The maximum Gasteiger partial charge on any atom is 0.411 e. The van der Waals surface area contributed by atoms with Crippen LogP contribution in [-0.2, 0) is 9.53 Å². The van der Waals surface area contributed by atoms with E-state index in [-0.39, 0.29) is 6.04 Å². The molecule has 1 N–H and O–H groups in total. The van der Waals surface area contributed by atoms with Crippen molar-refractivity contribution in [3.63, 3.8) is 0 Å². The van der Waals surface area contributed by atoms with E-state index in [2.05, 4.69) is 0 Å². The molecule has 0 bridgehead atoms. The number of hydrogen-bond acceptors (Lipinski definition) is 3. The highest BCUT2D eigenvalue weighted by Gasteiger charge is 2.47. The van der Waals surface area contributed by atoms with Gasteiger partial charge in [0.15, 0.2) is 0 Å². The summed E-state index contributed by atoms with van der Waals surface area (Å²) in [7, 11) is 0. The molecular weight excluding hydrogens is 270 g/mol. The molecule has 0 fully saturated rings. The molecule has 0 aromatic rings. The Morgan fingerprint density at radius 2 is 1.52 bits per heavy atom. The van der Waals surface area contributed by atoms with Crippen molar-refractivity contribution in [2.45, 2.75) is 91.3 Å². The van der Waals surface area contributed by atoms with Gasteiger partial charge >= 0.3 is 12.1 Å². The number of amides is 1. The van der Waals surface area contributed by atoms with Gasteiger partial charge in [-0.2, -0.15) is 0 Å². The van der Waals surface area contributed by atoms with Crippen molar-refractivity contribution in [2.75, 3.05) is 0 Å². The van der Waals surface area contributed by atoms with Crippen molar-refractivity contribution in [3.8, 4) is 0 Å². The Labute approximate surface area is 128 Å². The number of rotatable bonds is 7. The minimum absolute atomic E-state index is 0.242. The first-order valence-corrected chi connectivity index (χ1v) is 7.77. The largest absolute Gasteiger partial charge is 0.479 e. The smallest absolute Gasteiger partial charge is 0.411 e. The van der Waals surface area contributed by atoms with Gasteiger partial charge in [-0.25, -0.2) is 9.59 Å². The number of carbonyl (C=O) groups is 2. The van der Waals surface area contributed by atoms with Gasteiger partial charge in [0.2, 0.25) is 0 Å². The third-order valence-corrected chi connectivity index (χ3v) is 3.29. The van der Waals surface area contributed by atoms with E-state index in [1.54, 1.807) is 20.8 Å². The average Bonchev–Trinajstić information content (AvgIpc) is 2.25. The fourth-order valence-electron chi connectivity index (χ4n) is 2.70. The van der Waals surface area contributed by atoms with Gasteiger partial charge in [0.05, 0.1) is 0 Å². The molecule has 0 atom stereocenters. The van der Waals surface area contributed by atoms with Crippen molar-refractivity contribution in [1.29, 1.82) is 0 Å². The molecule has 0 rings (SSSR count). The van der Waals surface area contributed by atoms with Crippen LogP contribution in [0, 0.1) is 0 Å². The standard InChI is InChI=1S/C16H31NO4/c1-8-10-16(11-9-2,13(18)19)17(12(3)4)14(20)21-15(5,6)7/h12H,8-11H2,1-7H3,(H,18,19). The zero-order valence-electron chi connectivity index (χ0n) is 14.5. The van der Waals surface area contributed by atoms with Crippen LogP contribution in [-0.4, -0.2) is 39.3 Å². The fourth-order valence-corrected chi connectivity index (χ4v) is 2.70. The second-order valence-electron chi connectivity index (χ2n) is 6.78. The maximum atomic E-state index is 12.5. The number of carboxylic acids is 1. The zero-order chi connectivity index (χ0) is 16.8. The monoisotopic (exact) mass is 301 g/mol. The highest BCUT2D eigenvalue weighted by atomic mass is 16.6. The molecule has 5 heteroatoms. The summed E-state index contributed by atoms with van der Waals surface area (Å²) < 4.78 is 5.43. The summed E-state index contributed by atoms with van der Waals surface area (Å²) in [6, 6.07) is -0.242. The van der Waals surface area contributed by atoms with Crippen LogP contribution in [0.3, 0.4) is 0 Å². The molecule has 0 aliphatic rings. The van der Waals surface area contributed by atoms with Gasteiger partial charge in [0.25, 0.3) is 0 Å². The Balaban J connectivity index is 5.72. The SMILES string of the molecule is CCCC(CCC)(C(=O)O)N(C(=O)OC(C)(C)C)C(C)C. The molecule has 0 aromatic carbocycles. The first-order chi connectivity index (χ1) is 9.51. The van der Waals surface area contributed by atoms with E-state index in [4.69, 9.17) is 4.74 Å². The van der Waals surface area contributed by atoms with E-state index in [1.165, 1.54) is 4.90 Å². The van der Waals surface area contributed by atoms with E-state index in [0.29, 0.717) is 25.7 Å². The average molecular weight is 301 g/mol. The Morgan fingerprint density at radius 1 is 1.10 bits per heavy atom. The van der Waals surface area contributed by atoms with E-state index in [0.717, 1.165) is 0 Å². The lowest BCUT2D eigenvalue weighted by Gasteiger charge is -2.43. The molecule has 0 aromatic heterocycles. The molecular formula is C16H31NO4. The highest BCUT2D eigenvalue weighted by molar-refractivity contribution is 5.84. The molecule has 0 aliphatic carbocycles. The molecule has 21 heavy (non-hydrogen) atoms. The molecule has 1 amide bonds. The van der Waals surface area contributed by atoms with Crippen LogP contribution in [0.5, 0.6) is 0 Å². The number of hydrogen-bond donors (Lipinski definition) is 1. The number of aliphatic carboxylic acids is 1. The minimum atomic E-state index is -1.19. The summed E-state index contributed by atoms with van der Waals surface area (Å²) in [6.45, 7) is 12.9. The predicted molar refractivity (Wildman–Crippen MR) is 83.4 cm³/mol. The van der Waals surface area contributed by atoms with E-state index >= 15 is 0 Å². The number of carbonyl (C=O) groups excluding carboxylic acids is 1. The van der Waals surface area contributed by atoms with Crippen molar-refractivity contribution < 1.29 is 19.4 Å². The Bertz CT molecular complexity index is 352. The van der Waals surface area contributed by atoms with Gasteiger partial charge in [0, 0.05) is 6.04 Å². The molecule has 0 spiro atoms. The first kappa shape index (κ1) is 19.7. The van der Waals surface area contributed by atoms with Crippen LogP contribution >= 0.6 is 0 Å². The topological polar surface area (TPSA) is 66.8 Å². The summed E-state index contributed by atoms with van der Waals surface area (Å²) in [4.78, 5) is 25.9. The van der Waals surface area contributed by atoms with Crippen LogP contribution in [0.2, 0.25) is 0 Å². The van der Waals surface area contributed by atoms with Crippen LogP contribution in [0.15, 0.2) is 0 Å². The normalized spacial score (nSPS) is 12.4. The summed E-state index contributed by atoms with van der Waals surface area (Å²) in [5, 5.41) is 9.80. The highest BCUT2D eigenvalue weighted by Crippen LogP contribution is 2.31. The second-order valence-corrected chi connectivity index (χ2v) is 6.78. The molecule has 0 heterocycles. The Hall–Kier alpha value is -1.26. The lowest BCUT2D eigenvalue weighted by atomic mass is 9.86. The summed E-state index contributed by atoms with van der Waals surface area (Å²) in [6.07, 6.45) is 1.68. The lowest BCUT2D eigenvalue weighted by molar-refractivity contribution is -0.154. The van der Waals surface area contributed by atoms with E-state index in [9.17, 15) is 14.7 Å². The van der Waals surface area contributed by atoms with Gasteiger partial charge in [-0.15, -0.1) is 0 Å². The van der Waals surface area contributed by atoms with Crippen LogP contribution < -0.4 is 0 Å².